The zero-order chi connectivity index (χ0) is 17.7. The minimum atomic E-state index is -4.39. The highest BCUT2D eigenvalue weighted by molar-refractivity contribution is 5.94. The van der Waals surface area contributed by atoms with E-state index in [0.717, 1.165) is 17.7 Å². The van der Waals surface area contributed by atoms with Gasteiger partial charge in [0.15, 0.2) is 0 Å². The molecule has 128 valence electrons. The third-order valence-electron chi connectivity index (χ3n) is 3.82. The smallest absolute Gasteiger partial charge is 0.352 e. The van der Waals surface area contributed by atoms with Crippen molar-refractivity contribution in [1.29, 1.82) is 0 Å². The number of carbonyl (C=O) groups is 1. The van der Waals surface area contributed by atoms with Gasteiger partial charge in [0.25, 0.3) is 5.91 Å². The van der Waals surface area contributed by atoms with Crippen LogP contribution < -0.4 is 5.32 Å². The zero-order valence-electron chi connectivity index (χ0n) is 13.7. The summed E-state index contributed by atoms with van der Waals surface area (Å²) in [5.41, 5.74) is 1.82. The van der Waals surface area contributed by atoms with Crippen LogP contribution in [0.4, 0.5) is 13.2 Å². The molecule has 0 heterocycles. The van der Waals surface area contributed by atoms with Gasteiger partial charge < -0.3 is 5.32 Å². The van der Waals surface area contributed by atoms with Gasteiger partial charge in [-0.2, -0.15) is 13.2 Å². The van der Waals surface area contributed by atoms with E-state index in [1.165, 1.54) is 17.7 Å². The lowest BCUT2D eigenvalue weighted by atomic mass is 10.0. The van der Waals surface area contributed by atoms with Gasteiger partial charge in [0.2, 0.25) is 0 Å². The Hall–Kier alpha value is -2.30. The lowest BCUT2D eigenvalue weighted by Gasteiger charge is -2.09. The van der Waals surface area contributed by atoms with E-state index in [0.29, 0.717) is 18.9 Å². The second-order valence-electron chi connectivity index (χ2n) is 5.98. The molecule has 0 unspecified atom stereocenters. The van der Waals surface area contributed by atoms with Crippen molar-refractivity contribution in [1.82, 2.24) is 5.32 Å². The third-order valence-corrected chi connectivity index (χ3v) is 3.82. The molecule has 0 saturated heterocycles. The maximum Gasteiger partial charge on any atom is 0.416 e. The molecule has 1 N–H and O–H groups in total. The van der Waals surface area contributed by atoms with E-state index in [9.17, 15) is 18.0 Å². The van der Waals surface area contributed by atoms with Crippen LogP contribution in [-0.2, 0) is 12.6 Å². The zero-order valence-corrected chi connectivity index (χ0v) is 13.7. The van der Waals surface area contributed by atoms with Gasteiger partial charge in [-0.15, -0.1) is 0 Å². The number of rotatable bonds is 5. The normalized spacial score (nSPS) is 11.6. The highest BCUT2D eigenvalue weighted by atomic mass is 19.4. The number of halogens is 3. The average Bonchev–Trinajstić information content (AvgIpc) is 2.54. The molecule has 0 fully saturated rings. The maximum absolute atomic E-state index is 12.5. The Morgan fingerprint density at radius 1 is 1.00 bits per heavy atom. The van der Waals surface area contributed by atoms with E-state index in [1.807, 2.05) is 12.1 Å². The number of hydrogen-bond donors (Lipinski definition) is 1. The van der Waals surface area contributed by atoms with Crippen LogP contribution in [-0.4, -0.2) is 12.5 Å². The summed E-state index contributed by atoms with van der Waals surface area (Å²) in [5, 5.41) is 2.72. The van der Waals surface area contributed by atoms with Crippen molar-refractivity contribution >= 4 is 5.91 Å². The predicted octanol–water partition coefficient (Wildman–Crippen LogP) is 4.80. The molecular formula is C19H20F3NO. The summed E-state index contributed by atoms with van der Waals surface area (Å²) >= 11 is 0. The number of nitrogens with one attached hydrogen (secondary N) is 1. The molecule has 24 heavy (non-hydrogen) atoms. The number of benzene rings is 2. The summed E-state index contributed by atoms with van der Waals surface area (Å²) in [6, 6.07) is 12.4. The molecule has 0 atom stereocenters. The first-order valence-electron chi connectivity index (χ1n) is 7.81. The van der Waals surface area contributed by atoms with Crippen molar-refractivity contribution in [3.63, 3.8) is 0 Å². The topological polar surface area (TPSA) is 29.1 Å². The number of hydrogen-bond acceptors (Lipinski definition) is 1. The van der Waals surface area contributed by atoms with Gasteiger partial charge >= 0.3 is 6.18 Å². The van der Waals surface area contributed by atoms with Crippen LogP contribution in [0, 0.1) is 0 Å². The Kier molecular flexibility index (Phi) is 5.65. The Labute approximate surface area is 139 Å². The van der Waals surface area contributed by atoms with Crippen molar-refractivity contribution in [3.8, 4) is 0 Å². The van der Waals surface area contributed by atoms with Crippen LogP contribution in [0.25, 0.3) is 0 Å². The van der Waals surface area contributed by atoms with E-state index >= 15 is 0 Å². The highest BCUT2D eigenvalue weighted by Gasteiger charge is 2.30. The molecule has 0 saturated carbocycles. The summed E-state index contributed by atoms with van der Waals surface area (Å²) in [6.07, 6.45) is -3.72. The van der Waals surface area contributed by atoms with Gasteiger partial charge in [0.1, 0.15) is 0 Å². The molecular weight excluding hydrogens is 315 g/mol. The van der Waals surface area contributed by atoms with Gasteiger partial charge in [-0.25, -0.2) is 0 Å². The standard InChI is InChI=1S/C19H20F3NO/c1-13(2)15-5-3-14(4-6-15)11-12-23-18(24)16-7-9-17(10-8-16)19(20,21)22/h3-10,13H,11-12H2,1-2H3,(H,23,24). The van der Waals surface area contributed by atoms with Gasteiger partial charge in [-0.05, 0) is 47.7 Å². The molecule has 0 aliphatic heterocycles. The van der Waals surface area contributed by atoms with Crippen molar-refractivity contribution in [2.45, 2.75) is 32.4 Å². The number of carbonyl (C=O) groups excluding carboxylic acids is 1. The van der Waals surface area contributed by atoms with Crippen LogP contribution in [0.15, 0.2) is 48.5 Å². The number of alkyl halides is 3. The SMILES string of the molecule is CC(C)c1ccc(CCNC(=O)c2ccc(C(F)(F)F)cc2)cc1. The van der Waals surface area contributed by atoms with Crippen molar-refractivity contribution < 1.29 is 18.0 Å². The van der Waals surface area contributed by atoms with Gasteiger partial charge in [0, 0.05) is 12.1 Å². The van der Waals surface area contributed by atoms with E-state index < -0.39 is 11.7 Å². The molecule has 2 aromatic rings. The fourth-order valence-electron chi connectivity index (χ4n) is 2.30. The van der Waals surface area contributed by atoms with E-state index in [2.05, 4.69) is 31.3 Å². The molecule has 0 aliphatic carbocycles. The first-order chi connectivity index (χ1) is 11.3. The quantitative estimate of drug-likeness (QED) is 0.835. The Balaban J connectivity index is 1.87. The van der Waals surface area contributed by atoms with Gasteiger partial charge in [0.05, 0.1) is 5.56 Å². The highest BCUT2D eigenvalue weighted by Crippen LogP contribution is 2.29. The summed E-state index contributed by atoms with van der Waals surface area (Å²) in [5.74, 6) is 0.0981. The summed E-state index contributed by atoms with van der Waals surface area (Å²) in [4.78, 5) is 11.9. The Morgan fingerprint density at radius 2 is 1.58 bits per heavy atom. The predicted molar refractivity (Wildman–Crippen MR) is 88.0 cm³/mol. The average molecular weight is 335 g/mol. The fraction of sp³-hybridized carbons (Fsp3) is 0.316. The number of amides is 1. The largest absolute Gasteiger partial charge is 0.416 e. The maximum atomic E-state index is 12.5. The first kappa shape index (κ1) is 18.0. The van der Waals surface area contributed by atoms with Crippen LogP contribution in [0.5, 0.6) is 0 Å². The molecule has 2 aromatic carbocycles. The summed E-state index contributed by atoms with van der Waals surface area (Å²) < 4.78 is 37.5. The molecule has 0 bridgehead atoms. The molecule has 0 aromatic heterocycles. The van der Waals surface area contributed by atoms with Gasteiger partial charge in [-0.1, -0.05) is 38.1 Å². The van der Waals surface area contributed by atoms with Crippen molar-refractivity contribution in [3.05, 3.63) is 70.8 Å². The lowest BCUT2D eigenvalue weighted by molar-refractivity contribution is -0.137. The lowest BCUT2D eigenvalue weighted by Crippen LogP contribution is -2.25. The molecule has 5 heteroatoms. The minimum absolute atomic E-state index is 0.221. The first-order valence-corrected chi connectivity index (χ1v) is 7.81. The van der Waals surface area contributed by atoms with Crippen molar-refractivity contribution in [2.24, 2.45) is 0 Å². The van der Waals surface area contributed by atoms with Crippen molar-refractivity contribution in [2.75, 3.05) is 6.54 Å². The molecule has 2 rings (SSSR count). The summed E-state index contributed by atoms with van der Waals surface area (Å²) in [7, 11) is 0. The van der Waals surface area contributed by atoms with E-state index in [1.54, 1.807) is 0 Å². The third kappa shape index (κ3) is 4.85. The minimum Gasteiger partial charge on any atom is -0.352 e. The Morgan fingerprint density at radius 3 is 2.08 bits per heavy atom. The van der Waals surface area contributed by atoms with Crippen LogP contribution in [0.2, 0.25) is 0 Å². The monoisotopic (exact) mass is 335 g/mol. The molecule has 1 amide bonds. The Bertz CT molecular complexity index is 673. The molecule has 0 aliphatic rings. The molecule has 0 spiro atoms. The van der Waals surface area contributed by atoms with Gasteiger partial charge in [-0.3, -0.25) is 4.79 Å². The fourth-order valence-corrected chi connectivity index (χ4v) is 2.30. The van der Waals surface area contributed by atoms with Crippen LogP contribution in [0.3, 0.4) is 0 Å². The van der Waals surface area contributed by atoms with Crippen LogP contribution >= 0.6 is 0 Å². The molecule has 2 nitrogen and oxygen atoms in total. The second-order valence-corrected chi connectivity index (χ2v) is 5.98. The molecule has 0 radical (unpaired) electrons. The second kappa shape index (κ2) is 7.51. The van der Waals surface area contributed by atoms with Crippen LogP contribution in [0.1, 0.15) is 46.8 Å². The van der Waals surface area contributed by atoms with E-state index in [-0.39, 0.29) is 11.5 Å². The van der Waals surface area contributed by atoms with E-state index in [4.69, 9.17) is 0 Å². The summed E-state index contributed by atoms with van der Waals surface area (Å²) in [6.45, 7) is 4.68.